The molecule has 0 aliphatic rings. The molecule has 0 spiro atoms. The Morgan fingerprint density at radius 1 is 0.449 bits per heavy atom. The van der Waals surface area contributed by atoms with Gasteiger partial charge in [0.1, 0.15) is 17.3 Å². The molecule has 0 bridgehead atoms. The van der Waals surface area contributed by atoms with Crippen LogP contribution >= 0.6 is 9.39 Å². The topological polar surface area (TPSA) is 123 Å². The van der Waals surface area contributed by atoms with Gasteiger partial charge in [0.05, 0.1) is 85.2 Å². The third-order valence-electron chi connectivity index (χ3n) is 11.0. The molecule has 0 radical (unpaired) electrons. The van der Waals surface area contributed by atoms with Crippen LogP contribution in [0.25, 0.3) is 0 Å². The summed E-state index contributed by atoms with van der Waals surface area (Å²) in [5.41, 5.74) is 4.71. The van der Waals surface area contributed by atoms with Crippen molar-refractivity contribution in [1.29, 1.82) is 5.26 Å². The third kappa shape index (κ3) is 18.3. The van der Waals surface area contributed by atoms with Crippen LogP contribution in [0.15, 0.2) is 182 Å². The van der Waals surface area contributed by atoms with Gasteiger partial charge >= 0.3 is 0 Å². The van der Waals surface area contributed by atoms with E-state index >= 15 is 0 Å². The molecule has 11 heteroatoms. The van der Waals surface area contributed by atoms with Gasteiger partial charge in [-0.3, -0.25) is 4.67 Å². The van der Waals surface area contributed by atoms with Crippen LogP contribution < -0.4 is 0 Å². The summed E-state index contributed by atoms with van der Waals surface area (Å²) in [4.78, 5) is 0. The van der Waals surface area contributed by atoms with Crippen molar-refractivity contribution in [2.45, 2.75) is 63.5 Å². The predicted molar refractivity (Wildman–Crippen MR) is 279 cm³/mol. The Kier molecular flexibility index (Phi) is 26.7. The normalized spacial score (nSPS) is 11.5. The summed E-state index contributed by atoms with van der Waals surface area (Å²) < 4.78 is 38.8. The van der Waals surface area contributed by atoms with E-state index in [1.165, 1.54) is 0 Å². The number of aliphatic hydroxyl groups excluding tert-OH is 2. The lowest BCUT2D eigenvalue weighted by atomic mass is 9.80. The van der Waals surface area contributed by atoms with Gasteiger partial charge in [-0.05, 0) is 61.1 Å². The molecule has 6 aromatic carbocycles. The van der Waals surface area contributed by atoms with Crippen LogP contribution in [0.4, 0.5) is 0 Å². The molecule has 0 saturated carbocycles. The van der Waals surface area contributed by atoms with Crippen molar-refractivity contribution in [3.63, 3.8) is 0 Å². The molecule has 0 saturated heterocycles. The SMILES string of the molecule is CC(C)N(P)C(C)C.N#CCCO.OC(COCCOCCOC(c1ccccc1)(c1ccccc1)c1ccccc1)COCCOCCOC(c1ccccc1)(c1ccccc1)c1ccccc1. The van der Waals surface area contributed by atoms with Gasteiger partial charge in [-0.25, -0.2) is 0 Å². The Bertz CT molecular complexity index is 1870. The largest absolute Gasteiger partial charge is 0.395 e. The van der Waals surface area contributed by atoms with Crippen LogP contribution in [0.2, 0.25) is 0 Å². The van der Waals surface area contributed by atoms with Crippen molar-refractivity contribution in [1.82, 2.24) is 4.67 Å². The smallest absolute Gasteiger partial charge is 0.143 e. The Morgan fingerprint density at radius 3 is 0.899 bits per heavy atom. The molecule has 6 rings (SSSR count). The van der Waals surface area contributed by atoms with Crippen molar-refractivity contribution in [2.75, 3.05) is 72.7 Å². The number of nitrogens with zero attached hydrogens (tertiary/aromatic N) is 2. The molecule has 69 heavy (non-hydrogen) atoms. The van der Waals surface area contributed by atoms with Gasteiger partial charge in [0.15, 0.2) is 0 Å². The zero-order valence-corrected chi connectivity index (χ0v) is 42.0. The van der Waals surface area contributed by atoms with E-state index in [4.69, 9.17) is 38.8 Å². The average molecular weight is 957 g/mol. The van der Waals surface area contributed by atoms with E-state index in [1.807, 2.05) is 109 Å². The zero-order valence-electron chi connectivity index (χ0n) is 40.9. The minimum absolute atomic E-state index is 0.0174. The fraction of sp³-hybridized carbons (Fsp3) is 0.362. The van der Waals surface area contributed by atoms with Gasteiger partial charge in [-0.15, -0.1) is 0 Å². The first-order valence-electron chi connectivity index (χ1n) is 23.8. The molecule has 368 valence electrons. The van der Waals surface area contributed by atoms with Crippen LogP contribution in [-0.4, -0.2) is 106 Å². The van der Waals surface area contributed by atoms with E-state index in [0.29, 0.717) is 64.9 Å². The minimum atomic E-state index is -0.786. The first-order chi connectivity index (χ1) is 33.7. The Labute approximate surface area is 414 Å². The molecule has 0 fully saturated rings. The number of hydrogen-bond donors (Lipinski definition) is 2. The summed E-state index contributed by atoms with van der Waals surface area (Å²) in [5.74, 6) is 0. The molecular weight excluding hydrogens is 884 g/mol. The van der Waals surface area contributed by atoms with Gasteiger partial charge in [0.25, 0.3) is 0 Å². The highest BCUT2D eigenvalue weighted by atomic mass is 31.0. The quantitative estimate of drug-likeness (QED) is 0.0293. The number of rotatable bonds is 27. The van der Waals surface area contributed by atoms with E-state index in [0.717, 1.165) is 33.4 Å². The second kappa shape index (κ2) is 32.6. The van der Waals surface area contributed by atoms with Gasteiger partial charge in [-0.2, -0.15) is 5.26 Å². The summed E-state index contributed by atoms with van der Waals surface area (Å²) in [6.07, 6.45) is -0.506. The maximum Gasteiger partial charge on any atom is 0.143 e. The van der Waals surface area contributed by atoms with Crippen molar-refractivity contribution in [3.05, 3.63) is 215 Å². The van der Waals surface area contributed by atoms with E-state index in [-0.39, 0.29) is 26.2 Å². The van der Waals surface area contributed by atoms with Gasteiger partial charge in [-0.1, -0.05) is 191 Å². The molecule has 6 aromatic rings. The lowest BCUT2D eigenvalue weighted by molar-refractivity contribution is -0.0584. The summed E-state index contributed by atoms with van der Waals surface area (Å²) in [7, 11) is 2.72. The van der Waals surface area contributed by atoms with Crippen molar-refractivity contribution < 1.29 is 38.6 Å². The summed E-state index contributed by atoms with van der Waals surface area (Å²) >= 11 is 0. The summed E-state index contributed by atoms with van der Waals surface area (Å²) in [6.45, 7) is 12.0. The molecule has 0 aliphatic carbocycles. The highest BCUT2D eigenvalue weighted by Crippen LogP contribution is 2.41. The average Bonchev–Trinajstić information content (AvgIpc) is 3.40. The minimum Gasteiger partial charge on any atom is -0.395 e. The summed E-state index contributed by atoms with van der Waals surface area (Å²) in [5, 5.41) is 25.9. The highest BCUT2D eigenvalue weighted by Gasteiger charge is 2.38. The molecule has 0 aromatic heterocycles. The van der Waals surface area contributed by atoms with E-state index in [9.17, 15) is 5.11 Å². The van der Waals surface area contributed by atoms with Gasteiger partial charge in [0, 0.05) is 12.1 Å². The van der Waals surface area contributed by atoms with Crippen molar-refractivity contribution in [2.24, 2.45) is 0 Å². The van der Waals surface area contributed by atoms with Gasteiger partial charge < -0.3 is 38.6 Å². The predicted octanol–water partition coefficient (Wildman–Crippen LogP) is 10.2. The zero-order chi connectivity index (χ0) is 49.4. The van der Waals surface area contributed by atoms with Crippen LogP contribution in [-0.2, 0) is 39.6 Å². The maximum atomic E-state index is 10.4. The summed E-state index contributed by atoms with van der Waals surface area (Å²) in [6, 6.07) is 64.7. The first-order valence-corrected chi connectivity index (χ1v) is 24.3. The van der Waals surface area contributed by atoms with Crippen LogP contribution in [0.1, 0.15) is 67.5 Å². The molecular formula is C58H73N2O8P. The molecule has 10 nitrogen and oxygen atoms in total. The molecule has 1 unspecified atom stereocenters. The Hall–Kier alpha value is -5.12. The van der Waals surface area contributed by atoms with E-state index < -0.39 is 17.3 Å². The number of nitriles is 1. The number of benzene rings is 6. The Balaban J connectivity index is 0.000000701. The van der Waals surface area contributed by atoms with Crippen LogP contribution in [0, 0.1) is 11.3 Å². The monoisotopic (exact) mass is 957 g/mol. The third-order valence-corrected chi connectivity index (χ3v) is 12.1. The molecule has 0 heterocycles. The standard InChI is InChI=1S/C49H52O7.C6H16NP.C3H5NO/c50-47(39-53-33-31-51-35-37-55-48(41-19-7-1-8-20-41,42-21-9-2-10-22-42)43-23-11-3-12-24-43)40-54-34-32-52-36-38-56-49(44-25-13-4-14-26-44,45-27-15-5-16-28-45)46-29-17-6-18-30-46;1-5(2)7(8)6(3)4;4-2-1-3-5/h1-30,47,50H,31-40H2;5-6H,8H2,1-4H3;5H,1,3H2. The highest BCUT2D eigenvalue weighted by molar-refractivity contribution is 7.13. The fourth-order valence-electron chi connectivity index (χ4n) is 7.62. The lowest BCUT2D eigenvalue weighted by Crippen LogP contribution is -2.34. The van der Waals surface area contributed by atoms with Gasteiger partial charge in [0.2, 0.25) is 0 Å². The molecule has 1 atom stereocenters. The Morgan fingerprint density at radius 2 is 0.696 bits per heavy atom. The van der Waals surface area contributed by atoms with Crippen LogP contribution in [0.5, 0.6) is 0 Å². The van der Waals surface area contributed by atoms with Crippen LogP contribution in [0.3, 0.4) is 0 Å². The first kappa shape index (κ1) is 56.5. The van der Waals surface area contributed by atoms with E-state index in [2.05, 4.69) is 115 Å². The second-order valence-corrected chi connectivity index (χ2v) is 17.1. The van der Waals surface area contributed by atoms with Crippen molar-refractivity contribution in [3.8, 4) is 6.07 Å². The number of ether oxygens (including phenoxy) is 6. The van der Waals surface area contributed by atoms with Crippen molar-refractivity contribution >= 4 is 9.39 Å². The fourth-order valence-corrected chi connectivity index (χ4v) is 7.62. The molecule has 0 aliphatic heterocycles. The second-order valence-electron chi connectivity index (χ2n) is 16.6. The lowest BCUT2D eigenvalue weighted by Gasteiger charge is -2.36. The van der Waals surface area contributed by atoms with E-state index in [1.54, 1.807) is 6.07 Å². The maximum absolute atomic E-state index is 10.4. The number of hydrogen-bond acceptors (Lipinski definition) is 10. The molecule has 2 N–H and O–H groups in total. The molecule has 0 amide bonds. The number of aliphatic hydroxyl groups is 2.